The number of aliphatic hydroxyl groups excluding tert-OH is 1. The Hall–Kier alpha value is -4.48. The first kappa shape index (κ1) is 25.8. The molecule has 5 heterocycles. The number of anilines is 1. The summed E-state index contributed by atoms with van der Waals surface area (Å²) in [5.41, 5.74) is 3.58. The number of hydrogen-bond donors (Lipinski definition) is 2. The van der Waals surface area contributed by atoms with Gasteiger partial charge in [0.05, 0.1) is 18.8 Å². The number of hydrogen-bond acceptors (Lipinski definition) is 8. The predicted octanol–water partition coefficient (Wildman–Crippen LogP) is 3.62. The largest absolute Gasteiger partial charge is 0.394 e. The highest BCUT2D eigenvalue weighted by Crippen LogP contribution is 2.31. The van der Waals surface area contributed by atoms with Crippen LogP contribution in [0, 0.1) is 5.82 Å². The van der Waals surface area contributed by atoms with Gasteiger partial charge in [-0.05, 0) is 49.6 Å². The summed E-state index contributed by atoms with van der Waals surface area (Å²) < 4.78 is 16.9. The Morgan fingerprint density at radius 1 is 1.00 bits per heavy atom. The van der Waals surface area contributed by atoms with Crippen molar-refractivity contribution in [3.05, 3.63) is 96.5 Å². The van der Waals surface area contributed by atoms with Crippen LogP contribution in [0.1, 0.15) is 43.3 Å². The average molecular weight is 541 g/mol. The molecule has 11 heteroatoms. The van der Waals surface area contributed by atoms with E-state index in [4.69, 9.17) is 0 Å². The Morgan fingerprint density at radius 3 is 2.48 bits per heavy atom. The minimum absolute atomic E-state index is 0.0188. The lowest BCUT2D eigenvalue weighted by Gasteiger charge is -2.27. The van der Waals surface area contributed by atoms with Gasteiger partial charge in [0.2, 0.25) is 0 Å². The van der Waals surface area contributed by atoms with E-state index in [1.54, 1.807) is 48.7 Å². The quantitative estimate of drug-likeness (QED) is 0.322. The SMILES string of the molecule is C[C@H](CO)n1cc(-c2cc3c(N4CC=C(c5ncc(C(C)(O)c6ccc(F)cc6)cn5)CC4)ncnn3c2)cn1. The van der Waals surface area contributed by atoms with Gasteiger partial charge in [-0.25, -0.2) is 23.9 Å². The molecule has 0 radical (unpaired) electrons. The third-order valence-electron chi connectivity index (χ3n) is 7.45. The van der Waals surface area contributed by atoms with Gasteiger partial charge in [0.15, 0.2) is 11.6 Å². The summed E-state index contributed by atoms with van der Waals surface area (Å²) in [6.07, 6.45) is 13.3. The molecule has 1 aliphatic rings. The number of rotatable bonds is 7. The van der Waals surface area contributed by atoms with E-state index in [9.17, 15) is 14.6 Å². The highest BCUT2D eigenvalue weighted by atomic mass is 19.1. The van der Waals surface area contributed by atoms with Crippen LogP contribution < -0.4 is 4.90 Å². The van der Waals surface area contributed by atoms with Gasteiger partial charge in [0.1, 0.15) is 23.3 Å². The maximum atomic E-state index is 13.3. The van der Waals surface area contributed by atoms with Crippen molar-refractivity contribution in [1.82, 2.24) is 34.3 Å². The second-order valence-electron chi connectivity index (χ2n) is 10.2. The minimum Gasteiger partial charge on any atom is -0.394 e. The number of fused-ring (bicyclic) bond motifs is 1. The summed E-state index contributed by atoms with van der Waals surface area (Å²) in [4.78, 5) is 15.8. The maximum Gasteiger partial charge on any atom is 0.156 e. The van der Waals surface area contributed by atoms with Gasteiger partial charge in [-0.3, -0.25) is 4.68 Å². The van der Waals surface area contributed by atoms with Crippen LogP contribution in [-0.4, -0.2) is 64.3 Å². The third-order valence-corrected chi connectivity index (χ3v) is 7.45. The van der Waals surface area contributed by atoms with E-state index in [1.807, 2.05) is 29.9 Å². The fourth-order valence-corrected chi connectivity index (χ4v) is 4.88. The van der Waals surface area contributed by atoms with Gasteiger partial charge in [-0.1, -0.05) is 18.2 Å². The van der Waals surface area contributed by atoms with Crippen molar-refractivity contribution >= 4 is 16.9 Å². The molecule has 0 amide bonds. The van der Waals surface area contributed by atoms with Gasteiger partial charge >= 0.3 is 0 Å². The molecule has 40 heavy (non-hydrogen) atoms. The van der Waals surface area contributed by atoms with E-state index in [1.165, 1.54) is 12.1 Å². The lowest BCUT2D eigenvalue weighted by atomic mass is 9.90. The normalized spacial score (nSPS) is 16.1. The highest BCUT2D eigenvalue weighted by molar-refractivity contribution is 5.78. The summed E-state index contributed by atoms with van der Waals surface area (Å²) in [5, 5.41) is 29.3. The van der Waals surface area contributed by atoms with Gasteiger partial charge in [0.25, 0.3) is 0 Å². The zero-order valence-corrected chi connectivity index (χ0v) is 22.2. The van der Waals surface area contributed by atoms with Crippen LogP contribution in [0.5, 0.6) is 0 Å². The van der Waals surface area contributed by atoms with Crippen LogP contribution in [0.25, 0.3) is 22.2 Å². The summed E-state index contributed by atoms with van der Waals surface area (Å²) >= 11 is 0. The molecule has 204 valence electrons. The third kappa shape index (κ3) is 4.74. The zero-order valence-electron chi connectivity index (χ0n) is 22.2. The van der Waals surface area contributed by atoms with Crippen molar-refractivity contribution in [2.24, 2.45) is 0 Å². The second kappa shape index (κ2) is 10.2. The molecule has 1 unspecified atom stereocenters. The van der Waals surface area contributed by atoms with E-state index in [-0.39, 0.29) is 18.5 Å². The first-order chi connectivity index (χ1) is 19.3. The highest BCUT2D eigenvalue weighted by Gasteiger charge is 2.27. The molecule has 10 nitrogen and oxygen atoms in total. The number of nitrogens with zero attached hydrogens (tertiary/aromatic N) is 8. The molecule has 0 fully saturated rings. The molecule has 4 aromatic heterocycles. The molecular weight excluding hydrogens is 511 g/mol. The lowest BCUT2D eigenvalue weighted by molar-refractivity contribution is 0.101. The summed E-state index contributed by atoms with van der Waals surface area (Å²) in [5.74, 6) is 1.09. The Labute approximate surface area is 230 Å². The molecule has 0 bridgehead atoms. The molecule has 6 rings (SSSR count). The van der Waals surface area contributed by atoms with Crippen LogP contribution >= 0.6 is 0 Å². The number of aromatic nitrogens is 7. The van der Waals surface area contributed by atoms with Gasteiger partial charge in [0, 0.05) is 54.6 Å². The van der Waals surface area contributed by atoms with E-state index in [2.05, 4.69) is 36.1 Å². The number of aliphatic hydroxyl groups is 2. The zero-order chi connectivity index (χ0) is 27.9. The molecule has 0 spiro atoms. The minimum atomic E-state index is -1.34. The molecule has 1 aliphatic heterocycles. The van der Waals surface area contributed by atoms with Crippen molar-refractivity contribution < 1.29 is 14.6 Å². The van der Waals surface area contributed by atoms with E-state index in [0.29, 0.717) is 23.5 Å². The van der Waals surface area contributed by atoms with Crippen molar-refractivity contribution in [2.45, 2.75) is 31.9 Å². The fourth-order valence-electron chi connectivity index (χ4n) is 4.88. The summed E-state index contributed by atoms with van der Waals surface area (Å²) in [6, 6.07) is 7.72. The molecule has 0 aliphatic carbocycles. The summed E-state index contributed by atoms with van der Waals surface area (Å²) in [7, 11) is 0. The molecule has 0 saturated carbocycles. The smallest absolute Gasteiger partial charge is 0.156 e. The number of halogens is 1. The van der Waals surface area contributed by atoms with Crippen molar-refractivity contribution in [2.75, 3.05) is 24.6 Å². The first-order valence-corrected chi connectivity index (χ1v) is 13.1. The van der Waals surface area contributed by atoms with Crippen molar-refractivity contribution in [3.63, 3.8) is 0 Å². The monoisotopic (exact) mass is 540 g/mol. The van der Waals surface area contributed by atoms with Crippen molar-refractivity contribution in [3.8, 4) is 11.1 Å². The van der Waals surface area contributed by atoms with Gasteiger partial charge in [-0.15, -0.1) is 0 Å². The Kier molecular flexibility index (Phi) is 6.60. The molecule has 2 N–H and O–H groups in total. The maximum absolute atomic E-state index is 13.3. The fraction of sp³-hybridized carbons (Fsp3) is 0.276. The van der Waals surface area contributed by atoms with Crippen LogP contribution in [-0.2, 0) is 5.60 Å². The Balaban J connectivity index is 1.20. The average Bonchev–Trinajstić information content (AvgIpc) is 3.65. The molecular formula is C29H29FN8O2. The van der Waals surface area contributed by atoms with Crippen LogP contribution in [0.4, 0.5) is 10.2 Å². The van der Waals surface area contributed by atoms with E-state index < -0.39 is 5.60 Å². The van der Waals surface area contributed by atoms with Gasteiger partial charge < -0.3 is 15.1 Å². The second-order valence-corrected chi connectivity index (χ2v) is 10.2. The molecule has 0 saturated heterocycles. The van der Waals surface area contributed by atoms with Crippen LogP contribution in [0.3, 0.4) is 0 Å². The van der Waals surface area contributed by atoms with E-state index in [0.717, 1.165) is 41.0 Å². The van der Waals surface area contributed by atoms with E-state index >= 15 is 0 Å². The Bertz CT molecular complexity index is 1670. The molecule has 2 atom stereocenters. The van der Waals surface area contributed by atoms with Gasteiger partial charge in [-0.2, -0.15) is 10.2 Å². The summed E-state index contributed by atoms with van der Waals surface area (Å²) in [6.45, 7) is 4.93. The van der Waals surface area contributed by atoms with Crippen molar-refractivity contribution in [1.29, 1.82) is 0 Å². The Morgan fingerprint density at radius 2 is 1.77 bits per heavy atom. The molecule has 1 aromatic carbocycles. The van der Waals surface area contributed by atoms with Crippen LogP contribution in [0.15, 0.2) is 73.7 Å². The predicted molar refractivity (Wildman–Crippen MR) is 148 cm³/mol. The lowest BCUT2D eigenvalue weighted by Crippen LogP contribution is -2.30. The van der Waals surface area contributed by atoms with Crippen LogP contribution in [0.2, 0.25) is 0 Å². The molecule has 5 aromatic rings. The first-order valence-electron chi connectivity index (χ1n) is 13.1. The standard InChI is InChI=1S/C29H29FN8O2/c1-19(17-39)37-16-22(12-34-37)21-11-26-28(33-18-35-38(26)15-21)36-9-7-20(8-10-36)27-31-13-24(14-32-27)29(2,40)23-3-5-25(30)6-4-23/h3-7,11-16,18-19,39-40H,8-10,17H2,1-2H3/t19-,29?/m1/s1. The number of benzene rings is 1. The topological polar surface area (TPSA) is 117 Å².